The van der Waals surface area contributed by atoms with Crippen molar-refractivity contribution in [1.29, 1.82) is 0 Å². The molecule has 0 spiro atoms. The average Bonchev–Trinajstić information content (AvgIpc) is 2.85. The van der Waals surface area contributed by atoms with Crippen molar-refractivity contribution < 1.29 is 18.5 Å². The number of aromatic amines is 1. The van der Waals surface area contributed by atoms with Crippen LogP contribution in [-0.2, 0) is 18.5 Å². The van der Waals surface area contributed by atoms with Crippen LogP contribution in [0.2, 0.25) is 0 Å². The largest absolute Gasteiger partial charge is 0.463 e. The maximum atomic E-state index is 11.5. The minimum absolute atomic E-state index is 0.0116. The fourth-order valence-electron chi connectivity index (χ4n) is 1.62. The Hall–Kier alpha value is -2.02. The van der Waals surface area contributed by atoms with Crippen molar-refractivity contribution in [3.05, 3.63) is 24.3 Å². The van der Waals surface area contributed by atoms with Crippen LogP contribution in [0.5, 0.6) is 0 Å². The van der Waals surface area contributed by atoms with E-state index in [0.717, 1.165) is 23.1 Å². The topological polar surface area (TPSA) is 81.3 Å². The number of rotatable bonds is 6. The van der Waals surface area contributed by atoms with Crippen LogP contribution in [-0.4, -0.2) is 28.0 Å². The van der Waals surface area contributed by atoms with E-state index in [1.165, 1.54) is 0 Å². The fourth-order valence-corrected chi connectivity index (χ4v) is 2.16. The normalized spacial score (nSPS) is 10.8. The highest BCUT2D eigenvalue weighted by Gasteiger charge is 2.12. The van der Waals surface area contributed by atoms with Gasteiger partial charge in [0.25, 0.3) is 0 Å². The molecule has 0 amide bonds. The first-order valence-corrected chi connectivity index (χ1v) is 7.30. The number of ether oxygens (including phenoxy) is 1. The van der Waals surface area contributed by atoms with E-state index in [9.17, 15) is 9.59 Å². The highest BCUT2D eigenvalue weighted by molar-refractivity contribution is 7.94. The van der Waals surface area contributed by atoms with Crippen molar-refractivity contribution in [2.75, 3.05) is 0 Å². The van der Waals surface area contributed by atoms with E-state index in [-0.39, 0.29) is 18.9 Å². The number of benzene rings is 1. The molecular weight excluding hydrogens is 292 g/mol. The number of para-hydroxylation sites is 2. The first kappa shape index (κ1) is 15.4. The highest BCUT2D eigenvalue weighted by atomic mass is 32.2. The summed E-state index contributed by atoms with van der Waals surface area (Å²) >= 11 is 0.852. The second-order valence-electron chi connectivity index (χ2n) is 4.64. The standard InChI is InChI=1S/C14H16N2O4S/c1-9(2)19-12(17)7-8-13(18)20-21-14-15-10-5-3-4-6-11(10)16-14/h3-6,9H,7-8H2,1-2H3,(H,15,16). The lowest BCUT2D eigenvalue weighted by Gasteiger charge is -2.06. The van der Waals surface area contributed by atoms with Crippen molar-refractivity contribution in [2.24, 2.45) is 0 Å². The zero-order valence-electron chi connectivity index (χ0n) is 11.8. The van der Waals surface area contributed by atoms with Crippen LogP contribution in [0.1, 0.15) is 26.7 Å². The predicted octanol–water partition coefficient (Wildman–Crippen LogP) is 2.85. The van der Waals surface area contributed by atoms with E-state index < -0.39 is 11.9 Å². The van der Waals surface area contributed by atoms with Crippen LogP contribution in [0.15, 0.2) is 29.4 Å². The maximum Gasteiger partial charge on any atom is 0.318 e. The smallest absolute Gasteiger partial charge is 0.318 e. The summed E-state index contributed by atoms with van der Waals surface area (Å²) in [5, 5.41) is 0.495. The Balaban J connectivity index is 1.77. The molecule has 0 aliphatic carbocycles. The Morgan fingerprint density at radius 1 is 1.24 bits per heavy atom. The van der Waals surface area contributed by atoms with Gasteiger partial charge >= 0.3 is 11.9 Å². The summed E-state index contributed by atoms with van der Waals surface area (Å²) in [5.41, 5.74) is 1.67. The molecule has 7 heteroatoms. The van der Waals surface area contributed by atoms with Crippen molar-refractivity contribution in [2.45, 2.75) is 37.9 Å². The molecule has 1 aromatic heterocycles. The quantitative estimate of drug-likeness (QED) is 0.653. The van der Waals surface area contributed by atoms with Gasteiger partial charge in [-0.05, 0) is 26.0 Å². The molecule has 0 fully saturated rings. The highest BCUT2D eigenvalue weighted by Crippen LogP contribution is 2.20. The molecule has 0 aliphatic heterocycles. The van der Waals surface area contributed by atoms with Gasteiger partial charge in [-0.3, -0.25) is 9.59 Å². The van der Waals surface area contributed by atoms with Gasteiger partial charge in [0.15, 0.2) is 0 Å². The van der Waals surface area contributed by atoms with Crippen molar-refractivity contribution in [1.82, 2.24) is 9.97 Å². The molecule has 1 heterocycles. The molecule has 0 saturated heterocycles. The van der Waals surface area contributed by atoms with E-state index in [4.69, 9.17) is 8.92 Å². The lowest BCUT2D eigenvalue weighted by atomic mass is 10.3. The van der Waals surface area contributed by atoms with Crippen molar-refractivity contribution in [3.8, 4) is 0 Å². The zero-order valence-corrected chi connectivity index (χ0v) is 12.6. The van der Waals surface area contributed by atoms with Crippen LogP contribution < -0.4 is 0 Å². The molecule has 0 unspecified atom stereocenters. The van der Waals surface area contributed by atoms with Crippen LogP contribution >= 0.6 is 12.0 Å². The summed E-state index contributed by atoms with van der Waals surface area (Å²) in [6.07, 6.45) is -0.185. The number of carbonyl (C=O) groups is 2. The minimum atomic E-state index is -0.485. The van der Waals surface area contributed by atoms with Crippen LogP contribution in [0.3, 0.4) is 0 Å². The minimum Gasteiger partial charge on any atom is -0.463 e. The summed E-state index contributed by atoms with van der Waals surface area (Å²) in [6, 6.07) is 7.51. The van der Waals surface area contributed by atoms with Gasteiger partial charge in [-0.2, -0.15) is 0 Å². The Morgan fingerprint density at radius 2 is 1.95 bits per heavy atom. The molecule has 6 nitrogen and oxygen atoms in total. The lowest BCUT2D eigenvalue weighted by Crippen LogP contribution is -2.13. The first-order chi connectivity index (χ1) is 10.0. The molecular formula is C14H16N2O4S. The van der Waals surface area contributed by atoms with Crippen LogP contribution in [0.4, 0.5) is 0 Å². The predicted molar refractivity (Wildman–Crippen MR) is 78.5 cm³/mol. The van der Waals surface area contributed by atoms with Crippen LogP contribution in [0, 0.1) is 0 Å². The molecule has 0 saturated carbocycles. The van der Waals surface area contributed by atoms with E-state index in [2.05, 4.69) is 9.97 Å². The van der Waals surface area contributed by atoms with Gasteiger partial charge in [-0.25, -0.2) is 4.98 Å². The molecule has 21 heavy (non-hydrogen) atoms. The average molecular weight is 308 g/mol. The van der Waals surface area contributed by atoms with Gasteiger partial charge < -0.3 is 13.9 Å². The summed E-state index contributed by atoms with van der Waals surface area (Å²) in [4.78, 5) is 30.1. The molecule has 1 aromatic carbocycles. The summed E-state index contributed by atoms with van der Waals surface area (Å²) in [5.74, 6) is -0.892. The number of H-pyrrole nitrogens is 1. The molecule has 0 radical (unpaired) electrons. The Kier molecular flexibility index (Phi) is 5.21. The molecule has 0 atom stereocenters. The van der Waals surface area contributed by atoms with E-state index in [1.54, 1.807) is 13.8 Å². The number of hydrogen-bond acceptors (Lipinski definition) is 6. The van der Waals surface area contributed by atoms with E-state index >= 15 is 0 Å². The number of hydrogen-bond donors (Lipinski definition) is 1. The number of nitrogens with one attached hydrogen (secondary N) is 1. The number of nitrogens with zero attached hydrogens (tertiary/aromatic N) is 1. The van der Waals surface area contributed by atoms with Gasteiger partial charge in [0.2, 0.25) is 5.16 Å². The molecule has 2 aromatic rings. The molecule has 1 N–H and O–H groups in total. The third kappa shape index (κ3) is 4.78. The molecule has 0 aliphatic rings. The van der Waals surface area contributed by atoms with Gasteiger partial charge in [0.1, 0.15) is 12.0 Å². The monoisotopic (exact) mass is 308 g/mol. The maximum absolute atomic E-state index is 11.5. The third-order valence-corrected chi connectivity index (χ3v) is 3.10. The summed E-state index contributed by atoms with van der Waals surface area (Å²) < 4.78 is 9.92. The van der Waals surface area contributed by atoms with Gasteiger partial charge in [-0.15, -0.1) is 0 Å². The second kappa shape index (κ2) is 7.12. The Labute approximate surface area is 126 Å². The van der Waals surface area contributed by atoms with E-state index in [1.807, 2.05) is 24.3 Å². The third-order valence-electron chi connectivity index (χ3n) is 2.48. The summed E-state index contributed by atoms with van der Waals surface area (Å²) in [6.45, 7) is 3.52. The fraction of sp³-hybridized carbons (Fsp3) is 0.357. The van der Waals surface area contributed by atoms with E-state index in [0.29, 0.717) is 5.16 Å². The van der Waals surface area contributed by atoms with Crippen molar-refractivity contribution >= 4 is 35.0 Å². The first-order valence-electron chi connectivity index (χ1n) is 6.56. The number of imidazole rings is 1. The molecule has 2 rings (SSSR count). The number of esters is 1. The van der Waals surface area contributed by atoms with Crippen molar-refractivity contribution in [3.63, 3.8) is 0 Å². The van der Waals surface area contributed by atoms with Gasteiger partial charge in [0, 0.05) is 0 Å². The second-order valence-corrected chi connectivity index (χ2v) is 5.36. The zero-order chi connectivity index (χ0) is 15.2. The molecule has 112 valence electrons. The lowest BCUT2D eigenvalue weighted by molar-refractivity contribution is -0.149. The number of aromatic nitrogens is 2. The SMILES string of the molecule is CC(C)OC(=O)CCC(=O)OSc1nc2ccccc2[nH]1. The van der Waals surface area contributed by atoms with Gasteiger partial charge in [0.05, 0.1) is 30.0 Å². The van der Waals surface area contributed by atoms with Gasteiger partial charge in [-0.1, -0.05) is 12.1 Å². The Morgan fingerprint density at radius 3 is 2.67 bits per heavy atom. The molecule has 0 bridgehead atoms. The summed E-state index contributed by atoms with van der Waals surface area (Å²) in [7, 11) is 0. The number of fused-ring (bicyclic) bond motifs is 1. The Bertz CT molecular complexity index is 606. The number of carbonyl (C=O) groups excluding carboxylic acids is 2. The van der Waals surface area contributed by atoms with Crippen LogP contribution in [0.25, 0.3) is 11.0 Å².